The van der Waals surface area contributed by atoms with Gasteiger partial charge in [-0.3, -0.25) is 4.79 Å². The van der Waals surface area contributed by atoms with E-state index in [9.17, 15) is 4.79 Å². The molecule has 122 valence electrons. The van der Waals surface area contributed by atoms with Gasteiger partial charge in [-0.2, -0.15) is 0 Å². The first kappa shape index (κ1) is 15.3. The Labute approximate surface area is 140 Å². The second kappa shape index (κ2) is 4.62. The third kappa shape index (κ3) is 1.79. The average molecular weight is 308 g/mol. The quantitative estimate of drug-likeness (QED) is 0.450. The standard InChI is InChI=1S/C22H28O/c1-5-20(2)11-9-19-17-7-6-15-14-16(23)8-12-21(15,3)18(17)10-13-22(19,20)4/h1,10,14,17,19H,6-9,11-13H2,2-4H3/t17?,19-,20-,21-,22-/m0/s1. The molecule has 0 aromatic rings. The zero-order valence-corrected chi connectivity index (χ0v) is 14.7. The van der Waals surface area contributed by atoms with E-state index in [2.05, 4.69) is 32.8 Å². The summed E-state index contributed by atoms with van der Waals surface area (Å²) in [7, 11) is 0. The van der Waals surface area contributed by atoms with Gasteiger partial charge in [0, 0.05) is 17.3 Å². The third-order valence-corrected chi connectivity index (χ3v) is 8.26. The lowest BCUT2D eigenvalue weighted by Gasteiger charge is -2.54. The number of fused-ring (bicyclic) bond motifs is 5. The van der Waals surface area contributed by atoms with Gasteiger partial charge in [-0.25, -0.2) is 0 Å². The highest BCUT2D eigenvalue weighted by molar-refractivity contribution is 5.92. The van der Waals surface area contributed by atoms with E-state index in [0.717, 1.165) is 25.2 Å². The first-order valence-electron chi connectivity index (χ1n) is 9.26. The summed E-state index contributed by atoms with van der Waals surface area (Å²) in [6, 6.07) is 0. The van der Waals surface area contributed by atoms with Gasteiger partial charge in [0.1, 0.15) is 0 Å². The summed E-state index contributed by atoms with van der Waals surface area (Å²) in [5.74, 6) is 4.89. The maximum atomic E-state index is 11.9. The van der Waals surface area contributed by atoms with Crippen LogP contribution in [0.15, 0.2) is 23.3 Å². The fraction of sp³-hybridized carbons (Fsp3) is 0.682. The van der Waals surface area contributed by atoms with Crippen LogP contribution in [0.4, 0.5) is 0 Å². The van der Waals surface area contributed by atoms with E-state index in [1.165, 1.54) is 24.8 Å². The van der Waals surface area contributed by atoms with Crippen molar-refractivity contribution in [2.75, 3.05) is 0 Å². The smallest absolute Gasteiger partial charge is 0.155 e. The van der Waals surface area contributed by atoms with Crippen molar-refractivity contribution in [1.29, 1.82) is 0 Å². The molecule has 0 N–H and O–H groups in total. The Morgan fingerprint density at radius 1 is 1.17 bits per heavy atom. The van der Waals surface area contributed by atoms with Crippen LogP contribution in [0.5, 0.6) is 0 Å². The fourth-order valence-electron chi connectivity index (χ4n) is 6.35. The summed E-state index contributed by atoms with van der Waals surface area (Å²) >= 11 is 0. The van der Waals surface area contributed by atoms with E-state index in [0.29, 0.717) is 18.1 Å². The predicted octanol–water partition coefficient (Wildman–Crippen LogP) is 5.08. The summed E-state index contributed by atoms with van der Waals surface area (Å²) in [5, 5.41) is 0. The Morgan fingerprint density at radius 2 is 1.96 bits per heavy atom. The average Bonchev–Trinajstić information content (AvgIpc) is 2.80. The van der Waals surface area contributed by atoms with Gasteiger partial charge in [0.15, 0.2) is 5.78 Å². The van der Waals surface area contributed by atoms with Gasteiger partial charge in [0.2, 0.25) is 0 Å². The summed E-state index contributed by atoms with van der Waals surface area (Å²) < 4.78 is 0. The van der Waals surface area contributed by atoms with Crippen molar-refractivity contribution in [2.45, 2.75) is 65.7 Å². The molecule has 0 heterocycles. The van der Waals surface area contributed by atoms with Crippen molar-refractivity contribution in [2.24, 2.45) is 28.1 Å². The largest absolute Gasteiger partial charge is 0.295 e. The lowest BCUT2D eigenvalue weighted by molar-refractivity contribution is -0.115. The topological polar surface area (TPSA) is 17.1 Å². The molecule has 0 spiro atoms. The predicted molar refractivity (Wildman–Crippen MR) is 93.6 cm³/mol. The van der Waals surface area contributed by atoms with Crippen LogP contribution >= 0.6 is 0 Å². The van der Waals surface area contributed by atoms with Crippen LogP contribution in [0.3, 0.4) is 0 Å². The van der Waals surface area contributed by atoms with Crippen molar-refractivity contribution >= 4 is 5.78 Å². The van der Waals surface area contributed by atoms with Crippen molar-refractivity contribution in [1.82, 2.24) is 0 Å². The van der Waals surface area contributed by atoms with E-state index in [-0.39, 0.29) is 16.2 Å². The molecule has 0 bridgehead atoms. The number of ketones is 1. The molecule has 23 heavy (non-hydrogen) atoms. The highest BCUT2D eigenvalue weighted by Crippen LogP contribution is 2.67. The Balaban J connectivity index is 1.78. The van der Waals surface area contributed by atoms with Crippen LogP contribution in [-0.4, -0.2) is 5.78 Å². The Bertz CT molecular complexity index is 675. The van der Waals surface area contributed by atoms with Gasteiger partial charge in [0.25, 0.3) is 0 Å². The molecule has 0 aromatic heterocycles. The highest BCUT2D eigenvalue weighted by atomic mass is 16.1. The van der Waals surface area contributed by atoms with E-state index >= 15 is 0 Å². The summed E-state index contributed by atoms with van der Waals surface area (Å²) in [6.07, 6.45) is 18.0. The van der Waals surface area contributed by atoms with Gasteiger partial charge in [-0.05, 0) is 68.8 Å². The summed E-state index contributed by atoms with van der Waals surface area (Å²) in [6.45, 7) is 7.14. The maximum absolute atomic E-state index is 11.9. The number of terminal acetylenes is 1. The van der Waals surface area contributed by atoms with E-state index < -0.39 is 0 Å². The van der Waals surface area contributed by atoms with Gasteiger partial charge in [-0.1, -0.05) is 37.0 Å². The van der Waals surface area contributed by atoms with Crippen molar-refractivity contribution < 1.29 is 4.79 Å². The van der Waals surface area contributed by atoms with Gasteiger partial charge in [0.05, 0.1) is 0 Å². The molecule has 0 aliphatic heterocycles. The molecule has 4 aliphatic carbocycles. The van der Waals surface area contributed by atoms with Gasteiger partial charge < -0.3 is 0 Å². The van der Waals surface area contributed by atoms with Crippen molar-refractivity contribution in [3.8, 4) is 12.3 Å². The molecule has 1 heteroatoms. The summed E-state index contributed by atoms with van der Waals surface area (Å²) in [5.41, 5.74) is 3.48. The van der Waals surface area contributed by atoms with Crippen molar-refractivity contribution in [3.05, 3.63) is 23.3 Å². The first-order chi connectivity index (χ1) is 10.8. The van der Waals surface area contributed by atoms with Crippen molar-refractivity contribution in [3.63, 3.8) is 0 Å². The Hall–Kier alpha value is -1.29. The van der Waals surface area contributed by atoms with Crippen LogP contribution in [0, 0.1) is 40.4 Å². The molecule has 2 saturated carbocycles. The number of rotatable bonds is 0. The molecule has 0 amide bonds. The van der Waals surface area contributed by atoms with E-state index in [4.69, 9.17) is 6.42 Å². The lowest BCUT2D eigenvalue weighted by Crippen LogP contribution is -2.46. The van der Waals surface area contributed by atoms with Crippen LogP contribution in [0.2, 0.25) is 0 Å². The second-order valence-electron chi connectivity index (χ2n) is 9.02. The maximum Gasteiger partial charge on any atom is 0.155 e. The third-order valence-electron chi connectivity index (χ3n) is 8.26. The molecule has 0 saturated heterocycles. The van der Waals surface area contributed by atoms with Crippen LogP contribution in [0.25, 0.3) is 0 Å². The number of hydrogen-bond acceptors (Lipinski definition) is 1. The molecule has 4 rings (SSSR count). The number of allylic oxidation sites excluding steroid dienone is 4. The Kier molecular flexibility index (Phi) is 3.07. The highest BCUT2D eigenvalue weighted by Gasteiger charge is 2.59. The molecule has 2 fully saturated rings. The number of carbonyl (C=O) groups excluding carboxylic acids is 1. The summed E-state index contributed by atoms with van der Waals surface area (Å²) in [4.78, 5) is 11.9. The second-order valence-corrected chi connectivity index (χ2v) is 9.02. The molecule has 1 nitrogen and oxygen atoms in total. The fourth-order valence-corrected chi connectivity index (χ4v) is 6.35. The lowest BCUT2D eigenvalue weighted by atomic mass is 9.49. The van der Waals surface area contributed by atoms with Crippen LogP contribution < -0.4 is 0 Å². The molecular formula is C22H28O. The zero-order chi connectivity index (χ0) is 16.5. The molecule has 1 unspecified atom stereocenters. The number of carbonyl (C=O) groups is 1. The Morgan fingerprint density at radius 3 is 2.70 bits per heavy atom. The minimum absolute atomic E-state index is 0.0409. The number of hydrogen-bond donors (Lipinski definition) is 0. The molecule has 0 aromatic carbocycles. The van der Waals surface area contributed by atoms with E-state index in [1.807, 2.05) is 6.08 Å². The van der Waals surface area contributed by atoms with Crippen LogP contribution in [0.1, 0.15) is 65.7 Å². The molecule has 4 aliphatic rings. The minimum Gasteiger partial charge on any atom is -0.295 e. The molecule has 0 radical (unpaired) electrons. The molecule has 5 atom stereocenters. The van der Waals surface area contributed by atoms with E-state index in [1.54, 1.807) is 5.57 Å². The first-order valence-corrected chi connectivity index (χ1v) is 9.26. The van der Waals surface area contributed by atoms with Gasteiger partial charge >= 0.3 is 0 Å². The zero-order valence-electron chi connectivity index (χ0n) is 14.7. The molecular weight excluding hydrogens is 280 g/mol. The normalized spacial score (nSPS) is 48.5. The SMILES string of the molecule is C#C[C@@]1(C)CC[C@H]2C3CCC4=CC(=O)CC[C@]4(C)C3=CC[C@@]21C. The van der Waals surface area contributed by atoms with Gasteiger partial charge in [-0.15, -0.1) is 6.42 Å². The van der Waals surface area contributed by atoms with Crippen LogP contribution in [-0.2, 0) is 4.79 Å². The minimum atomic E-state index is 0.0409. The monoisotopic (exact) mass is 308 g/mol.